The number of ether oxygens (including phenoxy) is 1. The second kappa shape index (κ2) is 12.6. The van der Waals surface area contributed by atoms with Gasteiger partial charge in [0.25, 0.3) is 5.91 Å². The van der Waals surface area contributed by atoms with Crippen molar-refractivity contribution in [3.8, 4) is 11.1 Å². The third-order valence-corrected chi connectivity index (χ3v) is 6.65. The third-order valence-electron chi connectivity index (χ3n) is 6.65. The van der Waals surface area contributed by atoms with Gasteiger partial charge in [-0.2, -0.15) is 0 Å². The molecule has 4 rings (SSSR count). The Bertz CT molecular complexity index is 1400. The second-order valence-corrected chi connectivity index (χ2v) is 9.30. The monoisotopic (exact) mass is 554 g/mol. The Balaban J connectivity index is 1.74. The zero-order chi connectivity index (χ0) is 28.8. The minimum atomic E-state index is -0.900. The Morgan fingerprint density at radius 3 is 2.55 bits per heavy atom. The summed E-state index contributed by atoms with van der Waals surface area (Å²) in [4.78, 5) is 44.0. The molecule has 3 amide bonds. The van der Waals surface area contributed by atoms with Crippen LogP contribution in [0, 0.1) is 17.5 Å². The number of benzene rings is 2. The van der Waals surface area contributed by atoms with Gasteiger partial charge in [-0.15, -0.1) is 0 Å². The van der Waals surface area contributed by atoms with Crippen molar-refractivity contribution in [1.82, 2.24) is 20.5 Å². The van der Waals surface area contributed by atoms with Crippen LogP contribution >= 0.6 is 0 Å². The molecule has 11 heteroatoms. The largest absolute Gasteiger partial charge is 0.450 e. The van der Waals surface area contributed by atoms with E-state index in [-0.39, 0.29) is 24.2 Å². The first-order valence-corrected chi connectivity index (χ1v) is 12.9. The minimum Gasteiger partial charge on any atom is -0.450 e. The minimum absolute atomic E-state index is 0.0416. The van der Waals surface area contributed by atoms with Gasteiger partial charge in [-0.3, -0.25) is 19.5 Å². The molecule has 1 aliphatic rings. The van der Waals surface area contributed by atoms with Crippen LogP contribution in [0.25, 0.3) is 11.1 Å². The average molecular weight is 555 g/mol. The number of likely N-dealkylation sites (tertiary alicyclic amines) is 1. The van der Waals surface area contributed by atoms with Gasteiger partial charge in [-0.05, 0) is 67.6 Å². The predicted molar refractivity (Wildman–Crippen MR) is 141 cm³/mol. The third kappa shape index (κ3) is 6.41. The number of amides is 3. The van der Waals surface area contributed by atoms with E-state index >= 15 is 0 Å². The second-order valence-electron chi connectivity index (χ2n) is 9.30. The van der Waals surface area contributed by atoms with Crippen molar-refractivity contribution in [1.29, 1.82) is 0 Å². The SMILES string of the molecule is CCOC(=O)N1CCCC1C(=O)N[C@@H](Cc1cc(F)cc(F)c1)c1ncccc1-c1ccc(F)c(C(=O)NC)c1. The number of halogens is 3. The van der Waals surface area contributed by atoms with Gasteiger partial charge in [0.15, 0.2) is 0 Å². The predicted octanol–water partition coefficient (Wildman–Crippen LogP) is 4.55. The van der Waals surface area contributed by atoms with Gasteiger partial charge < -0.3 is 15.4 Å². The molecule has 210 valence electrons. The maximum absolute atomic E-state index is 14.4. The number of nitrogens with one attached hydrogen (secondary N) is 2. The van der Waals surface area contributed by atoms with Gasteiger partial charge in [0.05, 0.1) is 23.9 Å². The van der Waals surface area contributed by atoms with E-state index in [1.165, 1.54) is 30.3 Å². The molecule has 3 aromatic rings. The number of nitrogens with zero attached hydrogens (tertiary/aromatic N) is 2. The molecule has 1 unspecified atom stereocenters. The molecule has 0 radical (unpaired) electrons. The van der Waals surface area contributed by atoms with Crippen LogP contribution in [0.2, 0.25) is 0 Å². The fourth-order valence-corrected chi connectivity index (χ4v) is 4.85. The zero-order valence-electron chi connectivity index (χ0n) is 22.0. The first-order chi connectivity index (χ1) is 19.2. The van der Waals surface area contributed by atoms with Crippen LogP contribution in [-0.4, -0.2) is 54.0 Å². The number of aromatic nitrogens is 1. The number of pyridine rings is 1. The lowest BCUT2D eigenvalue weighted by molar-refractivity contribution is -0.125. The van der Waals surface area contributed by atoms with Crippen LogP contribution in [0.15, 0.2) is 54.7 Å². The summed E-state index contributed by atoms with van der Waals surface area (Å²) in [6.07, 6.45) is 1.86. The molecule has 2 N–H and O–H groups in total. The lowest BCUT2D eigenvalue weighted by Gasteiger charge is -2.27. The van der Waals surface area contributed by atoms with Crippen LogP contribution in [-0.2, 0) is 16.0 Å². The summed E-state index contributed by atoms with van der Waals surface area (Å²) in [6.45, 7) is 2.18. The molecule has 8 nitrogen and oxygen atoms in total. The van der Waals surface area contributed by atoms with Gasteiger partial charge in [-0.1, -0.05) is 12.1 Å². The van der Waals surface area contributed by atoms with E-state index in [1.54, 1.807) is 19.1 Å². The highest BCUT2D eigenvalue weighted by molar-refractivity contribution is 5.95. The van der Waals surface area contributed by atoms with Crippen molar-refractivity contribution in [2.75, 3.05) is 20.2 Å². The maximum atomic E-state index is 14.4. The number of hydrogen-bond acceptors (Lipinski definition) is 5. The van der Waals surface area contributed by atoms with Crippen molar-refractivity contribution in [2.45, 2.75) is 38.3 Å². The van der Waals surface area contributed by atoms with Crippen molar-refractivity contribution >= 4 is 17.9 Å². The normalized spacial score (nSPS) is 15.4. The Morgan fingerprint density at radius 2 is 1.85 bits per heavy atom. The highest BCUT2D eigenvalue weighted by Crippen LogP contribution is 2.31. The van der Waals surface area contributed by atoms with Crippen LogP contribution in [0.1, 0.15) is 47.4 Å². The summed E-state index contributed by atoms with van der Waals surface area (Å²) in [5, 5.41) is 5.31. The molecular weight excluding hydrogens is 525 g/mol. The average Bonchev–Trinajstić information content (AvgIpc) is 3.43. The summed E-state index contributed by atoms with van der Waals surface area (Å²) in [6, 6.07) is 8.69. The molecule has 0 aliphatic carbocycles. The molecule has 0 spiro atoms. The van der Waals surface area contributed by atoms with Crippen molar-refractivity contribution < 1.29 is 32.3 Å². The van der Waals surface area contributed by atoms with Crippen LogP contribution < -0.4 is 10.6 Å². The quantitative estimate of drug-likeness (QED) is 0.426. The highest BCUT2D eigenvalue weighted by atomic mass is 19.1. The Morgan fingerprint density at radius 1 is 1.10 bits per heavy atom. The Hall–Kier alpha value is -4.41. The Kier molecular flexibility index (Phi) is 9.03. The number of hydrogen-bond donors (Lipinski definition) is 2. The molecule has 40 heavy (non-hydrogen) atoms. The topological polar surface area (TPSA) is 101 Å². The van der Waals surface area contributed by atoms with E-state index in [2.05, 4.69) is 15.6 Å². The van der Waals surface area contributed by atoms with Gasteiger partial charge in [0.2, 0.25) is 5.91 Å². The maximum Gasteiger partial charge on any atom is 0.410 e. The molecule has 2 heterocycles. The molecule has 1 fully saturated rings. The van der Waals surface area contributed by atoms with E-state index in [9.17, 15) is 27.6 Å². The smallest absolute Gasteiger partial charge is 0.410 e. The van der Waals surface area contributed by atoms with E-state index in [0.717, 1.165) is 24.3 Å². The highest BCUT2D eigenvalue weighted by Gasteiger charge is 2.36. The summed E-state index contributed by atoms with van der Waals surface area (Å²) in [5.41, 5.74) is 1.33. The van der Waals surface area contributed by atoms with E-state index in [0.29, 0.717) is 36.2 Å². The lowest BCUT2D eigenvalue weighted by Crippen LogP contribution is -2.47. The van der Waals surface area contributed by atoms with E-state index in [4.69, 9.17) is 4.74 Å². The van der Waals surface area contributed by atoms with Gasteiger partial charge in [-0.25, -0.2) is 18.0 Å². The van der Waals surface area contributed by atoms with Crippen LogP contribution in [0.3, 0.4) is 0 Å². The summed E-state index contributed by atoms with van der Waals surface area (Å²) < 4.78 is 47.6. The van der Waals surface area contributed by atoms with Crippen molar-refractivity contribution in [2.24, 2.45) is 0 Å². The fraction of sp³-hybridized carbons (Fsp3) is 0.310. The summed E-state index contributed by atoms with van der Waals surface area (Å²) in [7, 11) is 1.39. The van der Waals surface area contributed by atoms with Crippen LogP contribution in [0.4, 0.5) is 18.0 Å². The molecular formula is C29H29F3N4O4. The molecule has 1 saturated heterocycles. The first-order valence-electron chi connectivity index (χ1n) is 12.9. The molecule has 0 saturated carbocycles. The van der Waals surface area contributed by atoms with Crippen LogP contribution in [0.5, 0.6) is 0 Å². The van der Waals surface area contributed by atoms with Crippen molar-refractivity contribution in [3.63, 3.8) is 0 Å². The zero-order valence-corrected chi connectivity index (χ0v) is 22.0. The van der Waals surface area contributed by atoms with Crippen molar-refractivity contribution in [3.05, 3.63) is 89.0 Å². The summed E-state index contributed by atoms with van der Waals surface area (Å²) in [5.74, 6) is -3.37. The number of carbonyl (C=O) groups is 3. The fourth-order valence-electron chi connectivity index (χ4n) is 4.85. The molecule has 2 atom stereocenters. The summed E-state index contributed by atoms with van der Waals surface area (Å²) >= 11 is 0. The molecule has 2 aromatic carbocycles. The molecule has 0 bridgehead atoms. The van der Waals surface area contributed by atoms with E-state index in [1.807, 2.05) is 0 Å². The van der Waals surface area contributed by atoms with E-state index < -0.39 is 47.4 Å². The Labute approximate surface area is 229 Å². The molecule has 1 aliphatic heterocycles. The number of carbonyl (C=O) groups excluding carboxylic acids is 3. The number of rotatable bonds is 8. The first kappa shape index (κ1) is 28.6. The van der Waals surface area contributed by atoms with Gasteiger partial charge in [0, 0.05) is 31.4 Å². The van der Waals surface area contributed by atoms with Gasteiger partial charge >= 0.3 is 6.09 Å². The standard InChI is InChI=1S/C29H29F3N4O4/c1-3-40-29(39)36-11-5-7-25(36)28(38)35-24(14-17-12-19(30)16-20(31)13-17)26-21(6-4-10-34-26)18-8-9-23(32)22(15-18)27(37)33-2/h4,6,8-10,12-13,15-16,24-25H,3,5,7,11,14H2,1-2H3,(H,33,37)(H,35,38)/t24-,25?/m0/s1. The lowest BCUT2D eigenvalue weighted by atomic mass is 9.94. The van der Waals surface area contributed by atoms with Gasteiger partial charge in [0.1, 0.15) is 23.5 Å². The molecule has 1 aromatic heterocycles.